The molecule has 1 aliphatic rings. The quantitative estimate of drug-likeness (QED) is 0.671. The van der Waals surface area contributed by atoms with Crippen molar-refractivity contribution in [1.29, 1.82) is 0 Å². The number of nitrogens with one attached hydrogen (secondary N) is 1. The summed E-state index contributed by atoms with van der Waals surface area (Å²) in [6, 6.07) is 19.3. The maximum absolute atomic E-state index is 4.64. The van der Waals surface area contributed by atoms with Gasteiger partial charge in [-0.2, -0.15) is 5.10 Å². The highest BCUT2D eigenvalue weighted by atomic mass is 32.2. The third-order valence-electron chi connectivity index (χ3n) is 4.23. The Kier molecular flexibility index (Phi) is 5.72. The van der Waals surface area contributed by atoms with E-state index in [1.165, 1.54) is 16.0 Å². The van der Waals surface area contributed by atoms with Gasteiger partial charge in [0, 0.05) is 10.5 Å². The molecule has 2 aromatic rings. The van der Waals surface area contributed by atoms with Crippen molar-refractivity contribution in [2.24, 2.45) is 5.10 Å². The lowest BCUT2D eigenvalue weighted by Crippen LogP contribution is -3.13. The van der Waals surface area contributed by atoms with E-state index in [1.54, 1.807) is 16.7 Å². The minimum absolute atomic E-state index is 1.03. The number of quaternary nitrogens is 1. The highest BCUT2D eigenvalue weighted by Gasteiger charge is 2.18. The summed E-state index contributed by atoms with van der Waals surface area (Å²) in [5, 5.41) is 6.83. The summed E-state index contributed by atoms with van der Waals surface area (Å²) in [7, 11) is 0. The fourth-order valence-electron chi connectivity index (χ4n) is 2.83. The number of nitrogens with zero attached hydrogens (tertiary/aromatic N) is 2. The van der Waals surface area contributed by atoms with E-state index in [9.17, 15) is 0 Å². The zero-order chi connectivity index (χ0) is 15.9. The van der Waals surface area contributed by atoms with Crippen molar-refractivity contribution in [2.45, 2.75) is 11.4 Å². The maximum Gasteiger partial charge on any atom is 0.103 e. The monoisotopic (exact) mass is 326 g/mol. The van der Waals surface area contributed by atoms with Crippen molar-refractivity contribution in [3.8, 4) is 0 Å². The van der Waals surface area contributed by atoms with Gasteiger partial charge >= 0.3 is 0 Å². The Morgan fingerprint density at radius 1 is 1.04 bits per heavy atom. The van der Waals surface area contributed by atoms with Crippen LogP contribution in [0.3, 0.4) is 0 Å². The molecule has 2 aromatic carbocycles. The van der Waals surface area contributed by atoms with Crippen LogP contribution in [0.2, 0.25) is 0 Å². The van der Waals surface area contributed by atoms with Crippen molar-refractivity contribution >= 4 is 18.0 Å². The second kappa shape index (κ2) is 8.18. The summed E-state index contributed by atoms with van der Waals surface area (Å²) in [5.74, 6) is 0. The van der Waals surface area contributed by atoms with E-state index in [1.807, 2.05) is 6.21 Å². The van der Waals surface area contributed by atoms with Gasteiger partial charge in [0.2, 0.25) is 0 Å². The fourth-order valence-corrected chi connectivity index (χ4v) is 3.23. The van der Waals surface area contributed by atoms with E-state index < -0.39 is 0 Å². The van der Waals surface area contributed by atoms with Gasteiger partial charge in [-0.05, 0) is 24.0 Å². The van der Waals surface area contributed by atoms with Gasteiger partial charge in [-0.25, -0.2) is 0 Å². The first-order valence-corrected chi connectivity index (χ1v) is 9.36. The highest BCUT2D eigenvalue weighted by Crippen LogP contribution is 2.14. The second-order valence-electron chi connectivity index (χ2n) is 5.88. The van der Waals surface area contributed by atoms with Crippen molar-refractivity contribution in [3.05, 3.63) is 65.7 Å². The summed E-state index contributed by atoms with van der Waals surface area (Å²) < 4.78 is 0. The predicted octanol–water partition coefficient (Wildman–Crippen LogP) is 2.14. The van der Waals surface area contributed by atoms with Gasteiger partial charge in [0.05, 0.1) is 32.4 Å². The topological polar surface area (TPSA) is 20.0 Å². The van der Waals surface area contributed by atoms with Crippen molar-refractivity contribution < 1.29 is 4.90 Å². The minimum Gasteiger partial charge on any atom is -0.328 e. The summed E-state index contributed by atoms with van der Waals surface area (Å²) in [6.45, 7) is 5.48. The van der Waals surface area contributed by atoms with Crippen LogP contribution in [0.5, 0.6) is 0 Å². The molecule has 120 valence electrons. The maximum atomic E-state index is 4.64. The molecule has 0 spiro atoms. The summed E-state index contributed by atoms with van der Waals surface area (Å²) >= 11 is 1.77. The Balaban J connectivity index is 1.47. The molecule has 0 bridgehead atoms. The van der Waals surface area contributed by atoms with E-state index in [-0.39, 0.29) is 0 Å². The molecule has 0 saturated carbocycles. The molecule has 0 aliphatic carbocycles. The zero-order valence-corrected chi connectivity index (χ0v) is 14.4. The molecule has 0 unspecified atom stereocenters. The van der Waals surface area contributed by atoms with E-state index in [2.05, 4.69) is 71.0 Å². The average molecular weight is 326 g/mol. The number of hydrazone groups is 1. The predicted molar refractivity (Wildman–Crippen MR) is 98.2 cm³/mol. The molecule has 0 aromatic heterocycles. The molecule has 4 heteroatoms. The van der Waals surface area contributed by atoms with Crippen molar-refractivity contribution in [3.63, 3.8) is 0 Å². The largest absolute Gasteiger partial charge is 0.328 e. The van der Waals surface area contributed by atoms with Crippen LogP contribution in [0.4, 0.5) is 0 Å². The Bertz CT molecular complexity index is 617. The first-order valence-electron chi connectivity index (χ1n) is 8.14. The Hall–Kier alpha value is -1.78. The first-order chi connectivity index (χ1) is 11.3. The molecule has 23 heavy (non-hydrogen) atoms. The van der Waals surface area contributed by atoms with Crippen LogP contribution in [0.25, 0.3) is 0 Å². The van der Waals surface area contributed by atoms with Crippen LogP contribution >= 0.6 is 11.8 Å². The van der Waals surface area contributed by atoms with Gasteiger partial charge < -0.3 is 4.90 Å². The lowest BCUT2D eigenvalue weighted by Gasteiger charge is -2.30. The number of rotatable bonds is 5. The van der Waals surface area contributed by atoms with Crippen LogP contribution in [-0.4, -0.2) is 43.7 Å². The lowest BCUT2D eigenvalue weighted by molar-refractivity contribution is -0.918. The summed E-state index contributed by atoms with van der Waals surface area (Å²) in [5.41, 5.74) is 2.59. The first kappa shape index (κ1) is 16.1. The van der Waals surface area contributed by atoms with Gasteiger partial charge in [0.1, 0.15) is 6.54 Å². The molecule has 1 heterocycles. The smallest absolute Gasteiger partial charge is 0.103 e. The van der Waals surface area contributed by atoms with E-state index in [0.29, 0.717) is 0 Å². The molecule has 1 N–H and O–H groups in total. The Morgan fingerprint density at radius 2 is 1.74 bits per heavy atom. The number of thioether (sulfide) groups is 1. The van der Waals surface area contributed by atoms with E-state index in [4.69, 9.17) is 0 Å². The highest BCUT2D eigenvalue weighted by molar-refractivity contribution is 7.98. The number of benzene rings is 2. The SMILES string of the molecule is CSc1ccc(/C=N\N2CC[NH+](Cc3ccccc3)CC2)cc1. The van der Waals surface area contributed by atoms with Crippen LogP contribution in [0, 0.1) is 0 Å². The Labute approximate surface area is 143 Å². The average Bonchev–Trinajstić information content (AvgIpc) is 2.62. The lowest BCUT2D eigenvalue weighted by atomic mass is 10.2. The van der Waals surface area contributed by atoms with Crippen LogP contribution in [0.1, 0.15) is 11.1 Å². The second-order valence-corrected chi connectivity index (χ2v) is 6.76. The number of hydrogen-bond acceptors (Lipinski definition) is 3. The van der Waals surface area contributed by atoms with E-state index >= 15 is 0 Å². The van der Waals surface area contributed by atoms with Crippen LogP contribution in [0.15, 0.2) is 64.6 Å². The normalized spacial score (nSPS) is 16.1. The van der Waals surface area contributed by atoms with Gasteiger partial charge in [-0.15, -0.1) is 11.8 Å². The number of hydrogen-bond donors (Lipinski definition) is 1. The van der Waals surface area contributed by atoms with Gasteiger partial charge in [0.15, 0.2) is 0 Å². The molecule has 1 saturated heterocycles. The fraction of sp³-hybridized carbons (Fsp3) is 0.316. The summed E-state index contributed by atoms with van der Waals surface area (Å²) in [6.07, 6.45) is 4.08. The number of piperazine rings is 1. The molecule has 0 atom stereocenters. The Morgan fingerprint density at radius 3 is 2.39 bits per heavy atom. The third-order valence-corrected chi connectivity index (χ3v) is 4.97. The zero-order valence-electron chi connectivity index (χ0n) is 13.6. The van der Waals surface area contributed by atoms with Crippen molar-refractivity contribution in [1.82, 2.24) is 5.01 Å². The van der Waals surface area contributed by atoms with Gasteiger partial charge in [0.25, 0.3) is 0 Å². The molecule has 3 rings (SSSR count). The van der Waals surface area contributed by atoms with Crippen molar-refractivity contribution in [2.75, 3.05) is 32.4 Å². The molecule has 1 aliphatic heterocycles. The molecule has 0 radical (unpaired) electrons. The molecular weight excluding hydrogens is 302 g/mol. The minimum atomic E-state index is 1.03. The van der Waals surface area contributed by atoms with Gasteiger partial charge in [-0.3, -0.25) is 5.01 Å². The van der Waals surface area contributed by atoms with E-state index in [0.717, 1.165) is 32.7 Å². The molecule has 3 nitrogen and oxygen atoms in total. The third kappa shape index (κ3) is 4.85. The standard InChI is InChI=1S/C19H23N3S/c1-23-19-9-7-17(8-10-19)15-20-22-13-11-21(12-14-22)16-18-5-3-2-4-6-18/h2-10,15H,11-14,16H2,1H3/p+1/b20-15-. The molecular formula is C19H24N3S+. The molecule has 0 amide bonds. The van der Waals surface area contributed by atoms with Crippen LogP contribution < -0.4 is 4.90 Å². The van der Waals surface area contributed by atoms with Crippen LogP contribution in [-0.2, 0) is 6.54 Å². The van der Waals surface area contributed by atoms with Gasteiger partial charge in [-0.1, -0.05) is 42.5 Å². The molecule has 1 fully saturated rings. The summed E-state index contributed by atoms with van der Waals surface area (Å²) in [4.78, 5) is 2.94.